The van der Waals surface area contributed by atoms with E-state index in [1.807, 2.05) is 36.3 Å². The maximum atomic E-state index is 12.6. The number of carbonyl (C=O) groups is 1. The Morgan fingerprint density at radius 1 is 1.28 bits per heavy atom. The number of hydrogen-bond acceptors (Lipinski definition) is 5. The van der Waals surface area contributed by atoms with Crippen LogP contribution in [0.5, 0.6) is 0 Å². The summed E-state index contributed by atoms with van der Waals surface area (Å²) in [6.07, 6.45) is 3.57. The number of aliphatic imine (C=N–C) groups is 1. The van der Waals surface area contributed by atoms with Crippen LogP contribution < -0.4 is 10.2 Å². The summed E-state index contributed by atoms with van der Waals surface area (Å²) in [7, 11) is 3.58. The molecule has 3 heterocycles. The first-order chi connectivity index (χ1) is 14.1. The predicted octanol–water partition coefficient (Wildman–Crippen LogP) is 1.97. The monoisotopic (exact) mass is 409 g/mol. The molecule has 0 unspecified atom stereocenters. The number of piperazine rings is 1. The molecule has 1 amide bonds. The van der Waals surface area contributed by atoms with Crippen LogP contribution in [0.4, 0.5) is 5.69 Å². The van der Waals surface area contributed by atoms with Crippen molar-refractivity contribution in [2.75, 3.05) is 31.6 Å². The zero-order valence-electron chi connectivity index (χ0n) is 16.4. The molecule has 0 bridgehead atoms. The van der Waals surface area contributed by atoms with E-state index < -0.39 is 0 Å². The summed E-state index contributed by atoms with van der Waals surface area (Å²) in [6.45, 7) is 2.15. The number of carbonyl (C=O) groups excluding carboxylic acids is 1. The van der Waals surface area contributed by atoms with Crippen LogP contribution in [0.1, 0.15) is 5.01 Å². The van der Waals surface area contributed by atoms with Crippen LogP contribution >= 0.6 is 11.3 Å². The van der Waals surface area contributed by atoms with Gasteiger partial charge in [0.1, 0.15) is 11.6 Å². The maximum Gasteiger partial charge on any atom is 0.246 e. The van der Waals surface area contributed by atoms with Crippen molar-refractivity contribution in [2.24, 2.45) is 12.0 Å². The zero-order valence-corrected chi connectivity index (χ0v) is 17.3. The molecular weight excluding hydrogens is 386 g/mol. The lowest BCUT2D eigenvalue weighted by Gasteiger charge is -2.35. The minimum absolute atomic E-state index is 0.0350. The van der Waals surface area contributed by atoms with Crippen molar-refractivity contribution in [1.29, 1.82) is 0 Å². The first-order valence-corrected chi connectivity index (χ1v) is 10.3. The Morgan fingerprint density at radius 2 is 2.10 bits per heavy atom. The summed E-state index contributed by atoms with van der Waals surface area (Å²) in [5.74, 6) is 0.744. The number of hydrogen-bond donors (Lipinski definition) is 1. The number of thiazole rings is 1. The Kier molecular flexibility index (Phi) is 5.57. The quantitative estimate of drug-likeness (QED) is 0.527. The number of nitrogens with zero attached hydrogens (tertiary/aromatic N) is 6. The number of anilines is 1. The molecule has 4 rings (SSSR count). The van der Waals surface area contributed by atoms with Crippen LogP contribution in [0.2, 0.25) is 0 Å². The van der Waals surface area contributed by atoms with Crippen molar-refractivity contribution < 1.29 is 4.79 Å². The third-order valence-electron chi connectivity index (χ3n) is 4.75. The summed E-state index contributed by atoms with van der Waals surface area (Å²) in [4.78, 5) is 25.4. The van der Waals surface area contributed by atoms with Gasteiger partial charge in [-0.15, -0.1) is 11.3 Å². The lowest BCUT2D eigenvalue weighted by atomic mass is 10.2. The standard InChI is InChI=1S/C20H23N7OS/c1-21-20(22-11-18-24-17(14-29-18)15-6-4-3-5-7-15)26-8-9-27(19(28)13-26)16-10-23-25(2)12-16/h3-7,10,12,14H,8-9,11,13H2,1-2H3,(H,21,22). The van der Waals surface area contributed by atoms with Gasteiger partial charge in [0.25, 0.3) is 0 Å². The van der Waals surface area contributed by atoms with Gasteiger partial charge in [-0.2, -0.15) is 5.10 Å². The van der Waals surface area contributed by atoms with E-state index in [-0.39, 0.29) is 12.5 Å². The van der Waals surface area contributed by atoms with Crippen molar-refractivity contribution >= 4 is 28.9 Å². The molecule has 0 aliphatic carbocycles. The van der Waals surface area contributed by atoms with E-state index in [4.69, 9.17) is 4.98 Å². The summed E-state index contributed by atoms with van der Waals surface area (Å²) in [5, 5.41) is 10.5. The third-order valence-corrected chi connectivity index (χ3v) is 5.60. The average Bonchev–Trinajstić information content (AvgIpc) is 3.38. The van der Waals surface area contributed by atoms with Gasteiger partial charge < -0.3 is 15.1 Å². The van der Waals surface area contributed by atoms with E-state index >= 15 is 0 Å². The number of guanidine groups is 1. The minimum Gasteiger partial charge on any atom is -0.350 e. The van der Waals surface area contributed by atoms with Crippen molar-refractivity contribution in [3.63, 3.8) is 0 Å². The largest absolute Gasteiger partial charge is 0.350 e. The fraction of sp³-hybridized carbons (Fsp3) is 0.300. The van der Waals surface area contributed by atoms with E-state index in [0.29, 0.717) is 25.6 Å². The Morgan fingerprint density at radius 3 is 2.79 bits per heavy atom. The van der Waals surface area contributed by atoms with Gasteiger partial charge >= 0.3 is 0 Å². The molecule has 2 aromatic heterocycles. The molecule has 1 aromatic carbocycles. The van der Waals surface area contributed by atoms with Crippen molar-refractivity contribution in [2.45, 2.75) is 6.54 Å². The van der Waals surface area contributed by atoms with Gasteiger partial charge in [-0.25, -0.2) is 4.98 Å². The molecule has 1 fully saturated rings. The maximum absolute atomic E-state index is 12.6. The van der Waals surface area contributed by atoms with E-state index in [1.165, 1.54) is 0 Å². The average molecular weight is 410 g/mol. The van der Waals surface area contributed by atoms with Gasteiger partial charge in [0, 0.05) is 44.3 Å². The van der Waals surface area contributed by atoms with Crippen molar-refractivity contribution in [1.82, 2.24) is 25.0 Å². The number of rotatable bonds is 4. The van der Waals surface area contributed by atoms with Crippen molar-refractivity contribution in [3.8, 4) is 11.3 Å². The van der Waals surface area contributed by atoms with E-state index in [1.54, 1.807) is 34.2 Å². The second-order valence-electron chi connectivity index (χ2n) is 6.73. The van der Waals surface area contributed by atoms with Gasteiger partial charge in [-0.1, -0.05) is 30.3 Å². The first-order valence-electron chi connectivity index (χ1n) is 9.38. The number of benzene rings is 1. The van der Waals surface area contributed by atoms with Crippen LogP contribution in [0, 0.1) is 0 Å². The Balaban J connectivity index is 1.36. The topological polar surface area (TPSA) is 78.7 Å². The highest BCUT2D eigenvalue weighted by Crippen LogP contribution is 2.21. The molecule has 1 N–H and O–H groups in total. The second kappa shape index (κ2) is 8.44. The van der Waals surface area contributed by atoms with Gasteiger partial charge in [0.2, 0.25) is 5.91 Å². The molecule has 29 heavy (non-hydrogen) atoms. The first kappa shape index (κ1) is 19.1. The van der Waals surface area contributed by atoms with E-state index in [0.717, 1.165) is 22.0 Å². The lowest BCUT2D eigenvalue weighted by molar-refractivity contribution is -0.120. The van der Waals surface area contributed by atoms with E-state index in [2.05, 4.69) is 32.9 Å². The normalized spacial score (nSPS) is 15.1. The molecule has 1 aliphatic heterocycles. The Hall–Kier alpha value is -3.20. The smallest absolute Gasteiger partial charge is 0.246 e. The fourth-order valence-corrected chi connectivity index (χ4v) is 4.04. The highest BCUT2D eigenvalue weighted by atomic mass is 32.1. The summed E-state index contributed by atoms with van der Waals surface area (Å²) >= 11 is 1.61. The third kappa shape index (κ3) is 4.29. The van der Waals surface area contributed by atoms with E-state index in [9.17, 15) is 4.79 Å². The Labute approximate surface area is 173 Å². The van der Waals surface area contributed by atoms with Gasteiger partial charge in [-0.3, -0.25) is 14.5 Å². The summed E-state index contributed by atoms with van der Waals surface area (Å²) in [5.41, 5.74) is 2.91. The number of aromatic nitrogens is 3. The van der Waals surface area contributed by atoms with Crippen LogP contribution in [0.25, 0.3) is 11.3 Å². The molecule has 3 aromatic rings. The molecule has 9 heteroatoms. The summed E-state index contributed by atoms with van der Waals surface area (Å²) < 4.78 is 1.70. The molecule has 8 nitrogen and oxygen atoms in total. The highest BCUT2D eigenvalue weighted by molar-refractivity contribution is 7.09. The van der Waals surface area contributed by atoms with Crippen LogP contribution in [-0.4, -0.2) is 58.2 Å². The van der Waals surface area contributed by atoms with Gasteiger partial charge in [0.05, 0.1) is 24.1 Å². The number of nitrogens with one attached hydrogen (secondary N) is 1. The predicted molar refractivity (Wildman–Crippen MR) is 115 cm³/mol. The molecule has 1 aliphatic rings. The molecule has 0 radical (unpaired) electrons. The molecule has 150 valence electrons. The zero-order chi connectivity index (χ0) is 20.2. The van der Waals surface area contributed by atoms with Crippen LogP contribution in [-0.2, 0) is 18.4 Å². The van der Waals surface area contributed by atoms with Crippen LogP contribution in [0.15, 0.2) is 53.1 Å². The van der Waals surface area contributed by atoms with Crippen molar-refractivity contribution in [3.05, 3.63) is 53.1 Å². The minimum atomic E-state index is 0.0350. The molecule has 0 saturated carbocycles. The molecular formula is C20H23N7OS. The molecule has 0 atom stereocenters. The van der Waals surface area contributed by atoms with Crippen LogP contribution in [0.3, 0.4) is 0 Å². The number of amides is 1. The Bertz CT molecular complexity index is 1010. The SMILES string of the molecule is CN=C(NCc1nc(-c2ccccc2)cs1)N1CCN(c2cnn(C)c2)C(=O)C1. The lowest BCUT2D eigenvalue weighted by Crippen LogP contribution is -2.55. The molecule has 1 saturated heterocycles. The number of aryl methyl sites for hydroxylation is 1. The molecule has 0 spiro atoms. The van der Waals surface area contributed by atoms with Gasteiger partial charge in [-0.05, 0) is 0 Å². The second-order valence-corrected chi connectivity index (χ2v) is 7.68. The van der Waals surface area contributed by atoms with Gasteiger partial charge in [0.15, 0.2) is 5.96 Å². The summed E-state index contributed by atoms with van der Waals surface area (Å²) in [6, 6.07) is 10.1. The highest BCUT2D eigenvalue weighted by Gasteiger charge is 2.27. The fourth-order valence-electron chi connectivity index (χ4n) is 3.30.